The number of hydrogen-bond acceptors (Lipinski definition) is 5. The van der Waals surface area contributed by atoms with Crippen LogP contribution in [0.3, 0.4) is 0 Å². The zero-order valence-corrected chi connectivity index (χ0v) is 19.4. The maximum atomic E-state index is 9.63. The molecule has 38 heavy (non-hydrogen) atoms. The van der Waals surface area contributed by atoms with Crippen LogP contribution >= 0.6 is 0 Å². The molecule has 2 aromatic heterocycles. The lowest BCUT2D eigenvalue weighted by Crippen LogP contribution is -1.97. The zero-order valence-electron chi connectivity index (χ0n) is 19.4. The van der Waals surface area contributed by atoms with Crippen molar-refractivity contribution in [2.45, 2.75) is 0 Å². The van der Waals surface area contributed by atoms with Crippen LogP contribution in [-0.2, 0) is 0 Å². The lowest BCUT2D eigenvalue weighted by atomic mass is 10.0. The van der Waals surface area contributed by atoms with Gasteiger partial charge in [0.15, 0.2) is 0 Å². The fourth-order valence-corrected chi connectivity index (χ4v) is 5.14. The van der Waals surface area contributed by atoms with Gasteiger partial charge in [-0.1, -0.05) is 48.5 Å². The molecule has 7 rings (SSSR count). The lowest BCUT2D eigenvalue weighted by molar-refractivity contribution is 1.25. The number of aromatic nitrogens is 4. The van der Waals surface area contributed by atoms with E-state index in [0.717, 1.165) is 22.3 Å². The predicted octanol–water partition coefficient (Wildman–Crippen LogP) is 6.29. The Morgan fingerprint density at radius 3 is 1.45 bits per heavy atom. The Morgan fingerprint density at radius 1 is 0.579 bits per heavy atom. The molecule has 8 nitrogen and oxygen atoms in total. The molecule has 3 aromatic carbocycles. The highest BCUT2D eigenvalue weighted by atomic mass is 14.9. The Morgan fingerprint density at radius 2 is 1.00 bits per heavy atom. The summed E-state index contributed by atoms with van der Waals surface area (Å²) in [5.41, 5.74) is 8.55. The van der Waals surface area contributed by atoms with Gasteiger partial charge in [0.25, 0.3) is 5.70 Å². The molecular weight excluding hydrogens is 472 g/mol. The first-order valence-electron chi connectivity index (χ1n) is 11.4. The number of nitrogens with zero attached hydrogens (tertiary/aromatic N) is 8. The average molecular weight is 482 g/mol. The highest BCUT2D eigenvalue weighted by molar-refractivity contribution is 6.05. The van der Waals surface area contributed by atoms with Gasteiger partial charge in [-0.2, -0.15) is 9.69 Å². The number of hydrogen-bond donors (Lipinski definition) is 0. The molecule has 2 aliphatic rings. The second-order valence-electron chi connectivity index (χ2n) is 8.63. The summed E-state index contributed by atoms with van der Waals surface area (Å²) in [7, 11) is 0. The van der Waals surface area contributed by atoms with Gasteiger partial charge in [0, 0.05) is 16.7 Å². The molecular formula is C30H10N8. The minimum absolute atomic E-state index is 0.0402. The van der Waals surface area contributed by atoms with E-state index in [9.17, 15) is 5.26 Å². The van der Waals surface area contributed by atoms with Crippen molar-refractivity contribution < 1.29 is 0 Å². The predicted molar refractivity (Wildman–Crippen MR) is 141 cm³/mol. The van der Waals surface area contributed by atoms with Gasteiger partial charge in [0.1, 0.15) is 18.7 Å². The molecule has 170 valence electrons. The number of fused-ring (bicyclic) bond motifs is 8. The highest BCUT2D eigenvalue weighted by Gasteiger charge is 2.34. The van der Waals surface area contributed by atoms with Gasteiger partial charge < -0.3 is 0 Å². The van der Waals surface area contributed by atoms with Crippen LogP contribution in [0.1, 0.15) is 22.5 Å². The molecule has 0 amide bonds. The molecule has 5 aromatic rings. The van der Waals surface area contributed by atoms with E-state index in [0.29, 0.717) is 56.0 Å². The topological polar surface area (TPSA) is 88.4 Å². The summed E-state index contributed by atoms with van der Waals surface area (Å²) in [4.78, 5) is 29.8. The minimum Gasteiger partial charge on any atom is -0.245 e. The molecule has 0 bridgehead atoms. The maximum Gasteiger partial charge on any atom is 0.529 e. The Hall–Kier alpha value is -6.22. The van der Waals surface area contributed by atoms with Crippen molar-refractivity contribution in [3.8, 4) is 28.6 Å². The quantitative estimate of drug-likeness (QED) is 0.144. The van der Waals surface area contributed by atoms with Gasteiger partial charge in [0.2, 0.25) is 0 Å². The Balaban J connectivity index is 1.54. The molecule has 0 radical (unpaired) electrons. The molecule has 0 aliphatic heterocycles. The number of rotatable bonds is 0. The van der Waals surface area contributed by atoms with Crippen molar-refractivity contribution in [2.24, 2.45) is 0 Å². The van der Waals surface area contributed by atoms with Gasteiger partial charge >= 0.3 is 5.82 Å². The molecule has 0 N–H and O–H groups in total. The van der Waals surface area contributed by atoms with Crippen molar-refractivity contribution in [2.75, 3.05) is 0 Å². The maximum absolute atomic E-state index is 9.63. The van der Waals surface area contributed by atoms with Gasteiger partial charge in [-0.25, -0.2) is 30.0 Å². The molecule has 8 heteroatoms. The molecule has 0 unspecified atom stereocenters. The Kier molecular flexibility index (Phi) is 4.24. The summed E-state index contributed by atoms with van der Waals surface area (Å²) in [5, 5.41) is 9.63. The van der Waals surface area contributed by atoms with Crippen LogP contribution in [0.2, 0.25) is 0 Å². The van der Waals surface area contributed by atoms with E-state index in [4.69, 9.17) is 39.7 Å². The molecule has 0 saturated heterocycles. The van der Waals surface area contributed by atoms with Gasteiger partial charge in [-0.3, -0.25) is 0 Å². The second kappa shape index (κ2) is 7.64. The zero-order chi connectivity index (χ0) is 26.0. The summed E-state index contributed by atoms with van der Waals surface area (Å²) in [6.45, 7) is 22.6. The molecule has 0 saturated carbocycles. The molecule has 0 spiro atoms. The van der Waals surface area contributed by atoms with Gasteiger partial charge in [0.05, 0.1) is 57.5 Å². The molecule has 0 atom stereocenters. The first-order valence-corrected chi connectivity index (χ1v) is 11.4. The van der Waals surface area contributed by atoms with E-state index in [1.54, 1.807) is 6.07 Å². The largest absolute Gasteiger partial charge is 0.529 e. The summed E-state index contributed by atoms with van der Waals surface area (Å²) >= 11 is 0. The monoisotopic (exact) mass is 482 g/mol. The van der Waals surface area contributed by atoms with E-state index < -0.39 is 0 Å². The van der Waals surface area contributed by atoms with Gasteiger partial charge in [-0.15, -0.1) is 0 Å². The smallest absolute Gasteiger partial charge is 0.245 e. The third kappa shape index (κ3) is 2.69. The van der Waals surface area contributed by atoms with Crippen LogP contribution in [0.25, 0.3) is 70.3 Å². The van der Waals surface area contributed by atoms with Crippen molar-refractivity contribution in [1.82, 2.24) is 19.9 Å². The third-order valence-corrected chi connectivity index (χ3v) is 6.72. The molecule has 2 heterocycles. The van der Waals surface area contributed by atoms with Crippen LogP contribution < -0.4 is 0 Å². The van der Waals surface area contributed by atoms with Crippen LogP contribution in [0.5, 0.6) is 0 Å². The van der Waals surface area contributed by atoms with Crippen molar-refractivity contribution in [1.29, 1.82) is 5.26 Å². The van der Waals surface area contributed by atoms with E-state index >= 15 is 0 Å². The first kappa shape index (κ1) is 21.1. The summed E-state index contributed by atoms with van der Waals surface area (Å²) in [6, 6.07) is 20.6. The Bertz CT molecular complexity index is 1990. The van der Waals surface area contributed by atoms with Crippen molar-refractivity contribution in [3.05, 3.63) is 129 Å². The number of benzene rings is 3. The molecule has 0 fully saturated rings. The third-order valence-electron chi connectivity index (χ3n) is 6.72. The number of allylic oxidation sites excluding steroid dienone is 1. The van der Waals surface area contributed by atoms with E-state index in [-0.39, 0.29) is 11.5 Å². The van der Waals surface area contributed by atoms with Crippen molar-refractivity contribution in [3.63, 3.8) is 0 Å². The van der Waals surface area contributed by atoms with Crippen LogP contribution in [0, 0.1) is 31.0 Å². The summed E-state index contributed by atoms with van der Waals surface area (Å²) in [5.74, 6) is -0.0565. The SMILES string of the molecule is [C-]#[N+]C([N+]#[C-])=C1c2ccccc2-c2nc3cc4nc5c(nc4cc3nc21)/C(=C(/C#N)[N+]#[C-])c1ccccc1-5. The van der Waals surface area contributed by atoms with Crippen LogP contribution in [0.4, 0.5) is 0 Å². The average Bonchev–Trinajstić information content (AvgIpc) is 3.44. The minimum atomic E-state index is -0.0565. The second-order valence-corrected chi connectivity index (χ2v) is 8.63. The van der Waals surface area contributed by atoms with Gasteiger partial charge in [-0.05, 0) is 23.3 Å². The highest BCUT2D eigenvalue weighted by Crippen LogP contribution is 2.46. The van der Waals surface area contributed by atoms with E-state index in [2.05, 4.69) is 14.5 Å². The normalized spacial score (nSPS) is 13.4. The summed E-state index contributed by atoms with van der Waals surface area (Å²) in [6.07, 6.45) is 0. The van der Waals surface area contributed by atoms with E-state index in [1.165, 1.54) is 0 Å². The standard InChI is InChI=1S/C30H10N8/c1-32-23(14-31)24-15-8-4-6-10-17(15)26-28(24)37-21-13-22-20(12-19(21)35-26)36-27-18-11-7-5-9-16(18)25(29(27)38-22)30(33-2)34-3/h4-13H/b24-23-. The fourth-order valence-electron chi connectivity index (χ4n) is 5.14. The lowest BCUT2D eigenvalue weighted by Gasteiger charge is -2.07. The van der Waals surface area contributed by atoms with Crippen LogP contribution in [-0.4, -0.2) is 19.9 Å². The van der Waals surface area contributed by atoms with Crippen LogP contribution in [0.15, 0.2) is 72.2 Å². The number of nitriles is 1. The molecule has 2 aliphatic carbocycles. The van der Waals surface area contributed by atoms with E-state index in [1.807, 2.05) is 60.7 Å². The Labute approximate surface area is 216 Å². The first-order chi connectivity index (χ1) is 18.7. The fraction of sp³-hybridized carbons (Fsp3) is 0. The van der Waals surface area contributed by atoms with Crippen molar-refractivity contribution >= 4 is 33.2 Å². The summed E-state index contributed by atoms with van der Waals surface area (Å²) < 4.78 is 0.